The Hall–Kier alpha value is -3.10. The summed E-state index contributed by atoms with van der Waals surface area (Å²) in [6.45, 7) is 0. The Morgan fingerprint density at radius 2 is 1.94 bits per heavy atom. The van der Waals surface area contributed by atoms with Gasteiger partial charge in [0.05, 0.1) is 5.52 Å². The third kappa shape index (κ3) is 4.28. The minimum Gasteiger partial charge on any atom is -0.373 e. The van der Waals surface area contributed by atoms with Crippen LogP contribution in [0.25, 0.3) is 10.9 Å². The molecule has 5 rings (SSSR count). The third-order valence-corrected chi connectivity index (χ3v) is 7.58. The molecule has 0 spiro atoms. The maximum Gasteiger partial charge on any atom is 0.166 e. The van der Waals surface area contributed by atoms with E-state index in [1.54, 1.807) is 31.5 Å². The lowest BCUT2D eigenvalue weighted by atomic mass is 9.87. The Balaban J connectivity index is 1.25. The second-order valence-corrected chi connectivity index (χ2v) is 9.48. The fraction of sp³-hybridized carbons (Fsp3) is 0.393. The van der Waals surface area contributed by atoms with E-state index in [9.17, 15) is 9.18 Å². The quantitative estimate of drug-likeness (QED) is 0.499. The number of terminal acetylenes is 1. The molecule has 0 N–H and O–H groups in total. The first-order valence-corrected chi connectivity index (χ1v) is 11.6. The van der Waals surface area contributed by atoms with Crippen molar-refractivity contribution >= 4 is 16.7 Å². The van der Waals surface area contributed by atoms with Crippen molar-refractivity contribution in [2.75, 3.05) is 7.11 Å². The SMILES string of the molecule is C#Cc1ccc(CC(=O)C(OC)C2C[C@H]3CC(c4ccnc5ccc(F)cc45)C[C@H]3C2)cn1. The largest absolute Gasteiger partial charge is 0.373 e. The highest BCUT2D eigenvalue weighted by Gasteiger charge is 2.45. The van der Waals surface area contributed by atoms with E-state index < -0.39 is 6.10 Å². The third-order valence-electron chi connectivity index (χ3n) is 7.58. The van der Waals surface area contributed by atoms with Crippen molar-refractivity contribution < 1.29 is 13.9 Å². The van der Waals surface area contributed by atoms with E-state index in [-0.39, 0.29) is 17.5 Å². The lowest BCUT2D eigenvalue weighted by molar-refractivity contribution is -0.131. The number of hydrogen-bond acceptors (Lipinski definition) is 4. The van der Waals surface area contributed by atoms with Gasteiger partial charge < -0.3 is 4.74 Å². The number of rotatable bonds is 6. The van der Waals surface area contributed by atoms with Gasteiger partial charge in [-0.1, -0.05) is 12.0 Å². The van der Waals surface area contributed by atoms with Crippen LogP contribution in [0, 0.1) is 35.9 Å². The summed E-state index contributed by atoms with van der Waals surface area (Å²) in [7, 11) is 1.64. The summed E-state index contributed by atoms with van der Waals surface area (Å²) in [5.41, 5.74) is 3.47. The van der Waals surface area contributed by atoms with E-state index >= 15 is 0 Å². The normalized spacial score (nSPS) is 25.0. The molecule has 1 aromatic carbocycles. The van der Waals surface area contributed by atoms with Crippen molar-refractivity contribution in [3.63, 3.8) is 0 Å². The van der Waals surface area contributed by atoms with Crippen LogP contribution in [-0.2, 0) is 16.0 Å². The summed E-state index contributed by atoms with van der Waals surface area (Å²) in [5, 5.41) is 0.924. The van der Waals surface area contributed by atoms with Crippen molar-refractivity contribution in [2.24, 2.45) is 17.8 Å². The number of carbonyl (C=O) groups is 1. The van der Waals surface area contributed by atoms with Gasteiger partial charge in [0.1, 0.15) is 17.6 Å². The number of ether oxygens (including phenoxy) is 1. The van der Waals surface area contributed by atoms with E-state index in [4.69, 9.17) is 11.2 Å². The number of hydrogen-bond donors (Lipinski definition) is 0. The summed E-state index contributed by atoms with van der Waals surface area (Å²) in [6.07, 6.45) is 12.9. The average Bonchev–Trinajstić information content (AvgIpc) is 3.39. The molecule has 2 aliphatic rings. The molecule has 168 valence electrons. The molecular weight excluding hydrogens is 415 g/mol. The molecule has 5 atom stereocenters. The smallest absolute Gasteiger partial charge is 0.166 e. The van der Waals surface area contributed by atoms with E-state index in [1.165, 1.54) is 11.6 Å². The van der Waals surface area contributed by atoms with Gasteiger partial charge in [-0.15, -0.1) is 6.42 Å². The molecule has 0 bridgehead atoms. The highest BCUT2D eigenvalue weighted by molar-refractivity contribution is 5.85. The summed E-state index contributed by atoms with van der Waals surface area (Å²) in [4.78, 5) is 21.6. The molecule has 2 fully saturated rings. The van der Waals surface area contributed by atoms with Crippen LogP contribution in [0.4, 0.5) is 4.39 Å². The van der Waals surface area contributed by atoms with Crippen LogP contribution >= 0.6 is 0 Å². The summed E-state index contributed by atoms with van der Waals surface area (Å²) in [6, 6.07) is 10.5. The Kier molecular flexibility index (Phi) is 5.95. The molecule has 2 saturated carbocycles. The summed E-state index contributed by atoms with van der Waals surface area (Å²) in [5.74, 6) is 4.16. The predicted octanol–water partition coefficient (Wildman–Crippen LogP) is 5.10. The number of halogens is 1. The van der Waals surface area contributed by atoms with Gasteiger partial charge in [-0.05, 0) is 90.8 Å². The zero-order valence-corrected chi connectivity index (χ0v) is 18.7. The first-order chi connectivity index (χ1) is 16.1. The molecule has 0 amide bonds. The van der Waals surface area contributed by atoms with Crippen molar-refractivity contribution in [1.82, 2.24) is 9.97 Å². The molecule has 0 aliphatic heterocycles. The molecule has 2 aromatic heterocycles. The second-order valence-electron chi connectivity index (χ2n) is 9.48. The first kappa shape index (κ1) is 21.7. The van der Waals surface area contributed by atoms with Gasteiger partial charge in [0, 0.05) is 31.3 Å². The van der Waals surface area contributed by atoms with Crippen LogP contribution in [0.1, 0.15) is 48.4 Å². The molecule has 2 heterocycles. The minimum atomic E-state index is -0.391. The van der Waals surface area contributed by atoms with Crippen LogP contribution in [-0.4, -0.2) is 29.0 Å². The number of fused-ring (bicyclic) bond motifs is 2. The topological polar surface area (TPSA) is 52.1 Å². The Morgan fingerprint density at radius 3 is 2.61 bits per heavy atom. The lowest BCUT2D eigenvalue weighted by Gasteiger charge is -2.23. The van der Waals surface area contributed by atoms with Crippen molar-refractivity contribution in [3.05, 3.63) is 71.4 Å². The summed E-state index contributed by atoms with van der Waals surface area (Å²) < 4.78 is 19.6. The van der Waals surface area contributed by atoms with E-state index in [0.717, 1.165) is 42.1 Å². The molecule has 2 aliphatic carbocycles. The maximum atomic E-state index is 13.9. The van der Waals surface area contributed by atoms with Gasteiger partial charge in [0.25, 0.3) is 0 Å². The van der Waals surface area contributed by atoms with Gasteiger partial charge in [0.2, 0.25) is 0 Å². The van der Waals surface area contributed by atoms with Gasteiger partial charge in [-0.2, -0.15) is 0 Å². The number of carbonyl (C=O) groups excluding carboxylic acids is 1. The van der Waals surface area contributed by atoms with Crippen LogP contribution in [0.2, 0.25) is 0 Å². The fourth-order valence-electron chi connectivity index (χ4n) is 6.16. The number of ketones is 1. The number of pyridine rings is 2. The fourth-order valence-corrected chi connectivity index (χ4v) is 6.16. The minimum absolute atomic E-state index is 0.102. The van der Waals surface area contributed by atoms with Gasteiger partial charge in [-0.3, -0.25) is 9.78 Å². The predicted molar refractivity (Wildman–Crippen MR) is 125 cm³/mol. The Bertz CT molecular complexity index is 1200. The monoisotopic (exact) mass is 442 g/mol. The summed E-state index contributed by atoms with van der Waals surface area (Å²) >= 11 is 0. The van der Waals surface area contributed by atoms with E-state index in [2.05, 4.69) is 15.9 Å². The molecule has 3 aromatic rings. The van der Waals surface area contributed by atoms with Crippen LogP contribution < -0.4 is 0 Å². The zero-order valence-electron chi connectivity index (χ0n) is 18.7. The number of aromatic nitrogens is 2. The van der Waals surface area contributed by atoms with Crippen LogP contribution in [0.15, 0.2) is 48.8 Å². The van der Waals surface area contributed by atoms with Gasteiger partial charge >= 0.3 is 0 Å². The van der Waals surface area contributed by atoms with Crippen molar-refractivity contribution in [1.29, 1.82) is 0 Å². The van der Waals surface area contributed by atoms with Gasteiger partial charge in [0.15, 0.2) is 5.78 Å². The van der Waals surface area contributed by atoms with Crippen molar-refractivity contribution in [3.8, 4) is 12.3 Å². The maximum absolute atomic E-state index is 13.9. The first-order valence-electron chi connectivity index (χ1n) is 11.6. The standard InChI is InChI=1S/C28H27FN2O2/c1-3-23-6-4-17(16-31-23)10-27(32)28(33-2)21-13-18-11-20(12-19(18)14-21)24-8-9-30-26-7-5-22(29)15-25(24)26/h1,4-9,15-16,18-21,28H,10-14H2,2H3/t18-,19+,20?,21?,28?. The highest BCUT2D eigenvalue weighted by atomic mass is 19.1. The Labute approximate surface area is 193 Å². The number of methoxy groups -OCH3 is 1. The average molecular weight is 443 g/mol. The van der Waals surface area contributed by atoms with E-state index in [1.807, 2.05) is 18.3 Å². The molecule has 33 heavy (non-hydrogen) atoms. The second kappa shape index (κ2) is 9.03. The molecule has 3 unspecified atom stereocenters. The molecule has 4 nitrogen and oxygen atoms in total. The van der Waals surface area contributed by atoms with Crippen molar-refractivity contribution in [2.45, 2.75) is 44.1 Å². The number of nitrogens with zero attached hydrogens (tertiary/aromatic N) is 2. The molecule has 5 heteroatoms. The van der Waals surface area contributed by atoms with Gasteiger partial charge in [-0.25, -0.2) is 9.37 Å². The zero-order chi connectivity index (χ0) is 22.9. The lowest BCUT2D eigenvalue weighted by Crippen LogP contribution is -2.32. The van der Waals surface area contributed by atoms with Crippen LogP contribution in [0.3, 0.4) is 0 Å². The molecule has 0 radical (unpaired) electrons. The number of Topliss-reactive ketones (excluding diaryl/α,β-unsaturated/α-hetero) is 1. The number of benzene rings is 1. The highest BCUT2D eigenvalue weighted by Crippen LogP contribution is 2.54. The van der Waals surface area contributed by atoms with E-state index in [0.29, 0.717) is 29.9 Å². The Morgan fingerprint density at radius 1 is 1.15 bits per heavy atom. The molecular formula is C28H27FN2O2. The van der Waals surface area contributed by atoms with Crippen LogP contribution in [0.5, 0.6) is 0 Å². The molecule has 0 saturated heterocycles.